The van der Waals surface area contributed by atoms with Gasteiger partial charge in [-0.1, -0.05) is 24.6 Å². The van der Waals surface area contributed by atoms with Gasteiger partial charge >= 0.3 is 5.97 Å². The molecule has 0 aliphatic carbocycles. The first kappa shape index (κ1) is 17.3. The van der Waals surface area contributed by atoms with Crippen LogP contribution in [0, 0.1) is 5.92 Å². The standard InChI is InChI=1S/C15H20ClNO4/c1-11(5-6-15(19)20)10-17-14(18)7-8-21-13-4-2-3-12(16)9-13/h2-4,9,11H,5-8,10H2,1H3,(H,17,18)(H,19,20). The topological polar surface area (TPSA) is 75.6 Å². The molecule has 0 spiro atoms. The van der Waals surface area contributed by atoms with Crippen molar-refractivity contribution in [2.24, 2.45) is 5.92 Å². The van der Waals surface area contributed by atoms with E-state index in [1.165, 1.54) is 0 Å². The first-order chi connectivity index (χ1) is 9.97. The largest absolute Gasteiger partial charge is 0.493 e. The van der Waals surface area contributed by atoms with Gasteiger partial charge in [-0.15, -0.1) is 0 Å². The Morgan fingerprint density at radius 2 is 2.14 bits per heavy atom. The molecule has 1 unspecified atom stereocenters. The van der Waals surface area contributed by atoms with Gasteiger partial charge in [0.15, 0.2) is 0 Å². The second kappa shape index (κ2) is 9.23. The van der Waals surface area contributed by atoms with Crippen LogP contribution < -0.4 is 10.1 Å². The highest BCUT2D eigenvalue weighted by Gasteiger charge is 2.08. The lowest BCUT2D eigenvalue weighted by Gasteiger charge is -2.12. The summed E-state index contributed by atoms with van der Waals surface area (Å²) in [4.78, 5) is 22.0. The highest BCUT2D eigenvalue weighted by molar-refractivity contribution is 6.30. The van der Waals surface area contributed by atoms with E-state index < -0.39 is 5.97 Å². The normalized spacial score (nSPS) is 11.7. The van der Waals surface area contributed by atoms with Gasteiger partial charge in [0.05, 0.1) is 13.0 Å². The Morgan fingerprint density at radius 3 is 2.81 bits per heavy atom. The number of rotatable bonds is 9. The molecule has 5 nitrogen and oxygen atoms in total. The maximum atomic E-state index is 11.6. The first-order valence-electron chi connectivity index (χ1n) is 6.84. The molecule has 1 aromatic carbocycles. The first-order valence-corrected chi connectivity index (χ1v) is 7.22. The Balaban J connectivity index is 2.15. The third-order valence-corrected chi connectivity index (χ3v) is 3.13. The Morgan fingerprint density at radius 1 is 1.38 bits per heavy atom. The zero-order chi connectivity index (χ0) is 15.7. The number of hydrogen-bond acceptors (Lipinski definition) is 3. The summed E-state index contributed by atoms with van der Waals surface area (Å²) >= 11 is 5.82. The van der Waals surface area contributed by atoms with Crippen LogP contribution in [0.4, 0.5) is 0 Å². The quantitative estimate of drug-likeness (QED) is 0.735. The highest BCUT2D eigenvalue weighted by atomic mass is 35.5. The average Bonchev–Trinajstić information content (AvgIpc) is 2.43. The van der Waals surface area contributed by atoms with Gasteiger partial charge in [0, 0.05) is 18.0 Å². The minimum Gasteiger partial charge on any atom is -0.493 e. The zero-order valence-electron chi connectivity index (χ0n) is 12.0. The number of carbonyl (C=O) groups is 2. The molecule has 0 aromatic heterocycles. The predicted octanol–water partition coefficient (Wildman–Crippen LogP) is 2.73. The van der Waals surface area contributed by atoms with E-state index in [1.807, 2.05) is 6.92 Å². The van der Waals surface area contributed by atoms with E-state index in [4.69, 9.17) is 21.4 Å². The van der Waals surface area contributed by atoms with Crippen molar-refractivity contribution in [2.75, 3.05) is 13.2 Å². The van der Waals surface area contributed by atoms with E-state index in [0.717, 1.165) is 0 Å². The number of ether oxygens (including phenoxy) is 1. The molecule has 0 fully saturated rings. The molecule has 21 heavy (non-hydrogen) atoms. The van der Waals surface area contributed by atoms with E-state index >= 15 is 0 Å². The van der Waals surface area contributed by atoms with Gasteiger partial charge in [0.2, 0.25) is 5.91 Å². The second-order valence-electron chi connectivity index (χ2n) is 4.90. The molecular formula is C15H20ClNO4. The fraction of sp³-hybridized carbons (Fsp3) is 0.467. The van der Waals surface area contributed by atoms with Crippen LogP contribution in [-0.4, -0.2) is 30.1 Å². The molecule has 1 atom stereocenters. The smallest absolute Gasteiger partial charge is 0.303 e. The molecule has 1 aromatic rings. The van der Waals surface area contributed by atoms with Gasteiger partial charge in [-0.25, -0.2) is 0 Å². The summed E-state index contributed by atoms with van der Waals surface area (Å²) in [6.07, 6.45) is 0.918. The van der Waals surface area contributed by atoms with E-state index in [0.29, 0.717) is 23.7 Å². The summed E-state index contributed by atoms with van der Waals surface area (Å²) in [5.41, 5.74) is 0. The summed E-state index contributed by atoms with van der Waals surface area (Å²) in [6.45, 7) is 2.66. The number of carbonyl (C=O) groups excluding carboxylic acids is 1. The summed E-state index contributed by atoms with van der Waals surface area (Å²) in [5.74, 6) is -0.161. The molecule has 0 radical (unpaired) electrons. The minimum atomic E-state index is -0.817. The summed E-state index contributed by atoms with van der Waals surface area (Å²) in [5, 5.41) is 11.9. The van der Waals surface area contributed by atoms with Gasteiger partial charge in [0.1, 0.15) is 5.75 Å². The van der Waals surface area contributed by atoms with Crippen molar-refractivity contribution in [1.29, 1.82) is 0 Å². The molecule has 116 valence electrons. The van der Waals surface area contributed by atoms with Crippen molar-refractivity contribution in [3.8, 4) is 5.75 Å². The van der Waals surface area contributed by atoms with Crippen LogP contribution in [0.3, 0.4) is 0 Å². The average molecular weight is 314 g/mol. The van der Waals surface area contributed by atoms with Crippen molar-refractivity contribution in [2.45, 2.75) is 26.2 Å². The van der Waals surface area contributed by atoms with Crippen LogP contribution in [0.1, 0.15) is 26.2 Å². The predicted molar refractivity (Wildman–Crippen MR) is 80.6 cm³/mol. The lowest BCUT2D eigenvalue weighted by atomic mass is 10.1. The van der Waals surface area contributed by atoms with Crippen molar-refractivity contribution in [1.82, 2.24) is 5.32 Å². The molecular weight excluding hydrogens is 294 g/mol. The number of halogens is 1. The monoisotopic (exact) mass is 313 g/mol. The van der Waals surface area contributed by atoms with Crippen LogP contribution in [0.2, 0.25) is 5.02 Å². The van der Waals surface area contributed by atoms with Crippen molar-refractivity contribution in [3.63, 3.8) is 0 Å². The number of aliphatic carboxylic acids is 1. The number of hydrogen-bond donors (Lipinski definition) is 2. The SMILES string of the molecule is CC(CCC(=O)O)CNC(=O)CCOc1cccc(Cl)c1. The maximum Gasteiger partial charge on any atom is 0.303 e. The fourth-order valence-electron chi connectivity index (χ4n) is 1.67. The van der Waals surface area contributed by atoms with Gasteiger partial charge < -0.3 is 15.2 Å². The lowest BCUT2D eigenvalue weighted by molar-refractivity contribution is -0.137. The Kier molecular flexibility index (Phi) is 7.61. The molecule has 1 amide bonds. The van der Waals surface area contributed by atoms with Crippen LogP contribution in [0.25, 0.3) is 0 Å². The second-order valence-corrected chi connectivity index (χ2v) is 5.33. The van der Waals surface area contributed by atoms with Crippen molar-refractivity contribution in [3.05, 3.63) is 29.3 Å². The van der Waals surface area contributed by atoms with E-state index in [9.17, 15) is 9.59 Å². The molecule has 0 aliphatic rings. The molecule has 2 N–H and O–H groups in total. The summed E-state index contributed by atoms with van der Waals surface area (Å²) in [7, 11) is 0. The van der Waals surface area contributed by atoms with E-state index in [-0.39, 0.29) is 31.3 Å². The Hall–Kier alpha value is -1.75. The summed E-state index contributed by atoms with van der Waals surface area (Å²) in [6, 6.07) is 6.99. The number of carboxylic acids is 1. The fourth-order valence-corrected chi connectivity index (χ4v) is 1.85. The zero-order valence-corrected chi connectivity index (χ0v) is 12.7. The third kappa shape index (κ3) is 8.19. The van der Waals surface area contributed by atoms with Crippen LogP contribution >= 0.6 is 11.6 Å². The molecule has 0 saturated heterocycles. The van der Waals surface area contributed by atoms with Gasteiger partial charge in [-0.05, 0) is 30.5 Å². The molecule has 6 heteroatoms. The Bertz CT molecular complexity index is 478. The van der Waals surface area contributed by atoms with Crippen LogP contribution in [0.15, 0.2) is 24.3 Å². The molecule has 0 bridgehead atoms. The number of amides is 1. The van der Waals surface area contributed by atoms with Crippen molar-refractivity contribution < 1.29 is 19.4 Å². The van der Waals surface area contributed by atoms with Gasteiger partial charge in [-0.3, -0.25) is 9.59 Å². The van der Waals surface area contributed by atoms with Gasteiger partial charge in [0.25, 0.3) is 0 Å². The summed E-state index contributed by atoms with van der Waals surface area (Å²) < 4.78 is 5.42. The van der Waals surface area contributed by atoms with Crippen molar-refractivity contribution >= 4 is 23.5 Å². The van der Waals surface area contributed by atoms with E-state index in [2.05, 4.69) is 5.32 Å². The van der Waals surface area contributed by atoms with Crippen LogP contribution in [-0.2, 0) is 9.59 Å². The Labute approximate surface area is 129 Å². The van der Waals surface area contributed by atoms with Gasteiger partial charge in [-0.2, -0.15) is 0 Å². The molecule has 0 saturated carbocycles. The number of nitrogens with one attached hydrogen (secondary N) is 1. The minimum absolute atomic E-state index is 0.112. The molecule has 0 aliphatic heterocycles. The number of carboxylic acid groups (broad SMARTS) is 1. The highest BCUT2D eigenvalue weighted by Crippen LogP contribution is 2.17. The molecule has 0 heterocycles. The maximum absolute atomic E-state index is 11.6. The number of benzene rings is 1. The third-order valence-electron chi connectivity index (χ3n) is 2.89. The van der Waals surface area contributed by atoms with Crippen LogP contribution in [0.5, 0.6) is 5.75 Å². The lowest BCUT2D eigenvalue weighted by Crippen LogP contribution is -2.29. The van der Waals surface area contributed by atoms with E-state index in [1.54, 1.807) is 24.3 Å². The molecule has 1 rings (SSSR count).